The van der Waals surface area contributed by atoms with E-state index in [1.807, 2.05) is 62.4 Å². The van der Waals surface area contributed by atoms with E-state index >= 15 is 0 Å². The first-order valence-electron chi connectivity index (χ1n) is 7.75. The average molecular weight is 300 g/mol. The molecule has 0 heterocycles. The van der Waals surface area contributed by atoms with Crippen LogP contribution in [0.3, 0.4) is 0 Å². The summed E-state index contributed by atoms with van der Waals surface area (Å²) in [5, 5.41) is 6.76. The first kappa shape index (κ1) is 16.0. The minimum absolute atomic E-state index is 0.682. The molecule has 0 unspecified atom stereocenters. The van der Waals surface area contributed by atoms with E-state index in [0.717, 1.165) is 36.0 Å². The van der Waals surface area contributed by atoms with Gasteiger partial charge in [-0.25, -0.2) is 0 Å². The van der Waals surface area contributed by atoms with E-state index in [1.54, 1.807) is 0 Å². The van der Waals surface area contributed by atoms with Gasteiger partial charge in [-0.1, -0.05) is 12.1 Å². The van der Waals surface area contributed by atoms with Gasteiger partial charge in [0.1, 0.15) is 11.5 Å². The van der Waals surface area contributed by atoms with Crippen molar-refractivity contribution in [2.75, 3.05) is 36.9 Å². The van der Waals surface area contributed by atoms with Crippen molar-refractivity contribution in [1.29, 1.82) is 0 Å². The number of nitrogens with one attached hydrogen (secondary N) is 2. The fourth-order valence-corrected chi connectivity index (χ4v) is 2.14. The summed E-state index contributed by atoms with van der Waals surface area (Å²) in [4.78, 5) is 0. The minimum atomic E-state index is 0.682. The quantitative estimate of drug-likeness (QED) is 0.687. The Morgan fingerprint density at radius 1 is 0.727 bits per heavy atom. The maximum atomic E-state index is 5.49. The first-order valence-corrected chi connectivity index (χ1v) is 7.75. The summed E-state index contributed by atoms with van der Waals surface area (Å²) in [5.74, 6) is 1.79. The van der Waals surface area contributed by atoms with Gasteiger partial charge in [-0.2, -0.15) is 0 Å². The van der Waals surface area contributed by atoms with E-state index in [-0.39, 0.29) is 0 Å². The highest BCUT2D eigenvalue weighted by molar-refractivity contribution is 5.50. The Labute approximate surface area is 132 Å². The van der Waals surface area contributed by atoms with Crippen LogP contribution in [-0.2, 0) is 0 Å². The summed E-state index contributed by atoms with van der Waals surface area (Å²) < 4.78 is 11.0. The average Bonchev–Trinajstić information content (AvgIpc) is 2.53. The molecule has 0 spiro atoms. The van der Waals surface area contributed by atoms with E-state index in [9.17, 15) is 0 Å². The van der Waals surface area contributed by atoms with Crippen LogP contribution in [0.2, 0.25) is 0 Å². The maximum absolute atomic E-state index is 5.49. The molecule has 2 aromatic carbocycles. The largest absolute Gasteiger partial charge is 0.494 e. The fourth-order valence-electron chi connectivity index (χ4n) is 2.14. The zero-order chi connectivity index (χ0) is 15.6. The summed E-state index contributed by atoms with van der Waals surface area (Å²) in [6.45, 7) is 6.99. The molecule has 0 aliphatic heterocycles. The molecule has 0 bridgehead atoms. The molecule has 2 rings (SSSR count). The SMILES string of the molecule is CCOc1cccc(NCCNc2cccc(OCC)c2)c1. The van der Waals surface area contributed by atoms with Gasteiger partial charge in [-0.15, -0.1) is 0 Å². The van der Waals surface area contributed by atoms with Crippen molar-refractivity contribution >= 4 is 11.4 Å². The van der Waals surface area contributed by atoms with Crippen molar-refractivity contribution in [3.63, 3.8) is 0 Å². The molecule has 0 aromatic heterocycles. The third kappa shape index (κ3) is 5.20. The predicted molar refractivity (Wildman–Crippen MR) is 92.2 cm³/mol. The van der Waals surface area contributed by atoms with Crippen molar-refractivity contribution in [1.82, 2.24) is 0 Å². The molecule has 118 valence electrons. The molecule has 0 aliphatic rings. The summed E-state index contributed by atoms with van der Waals surface area (Å²) in [7, 11) is 0. The first-order chi connectivity index (χ1) is 10.8. The van der Waals surface area contributed by atoms with Gasteiger partial charge in [0.25, 0.3) is 0 Å². The van der Waals surface area contributed by atoms with E-state index in [0.29, 0.717) is 13.2 Å². The van der Waals surface area contributed by atoms with Gasteiger partial charge in [-0.05, 0) is 38.1 Å². The van der Waals surface area contributed by atoms with Crippen molar-refractivity contribution in [3.05, 3.63) is 48.5 Å². The number of anilines is 2. The van der Waals surface area contributed by atoms with E-state index in [2.05, 4.69) is 10.6 Å². The Morgan fingerprint density at radius 2 is 1.18 bits per heavy atom. The Hall–Kier alpha value is -2.36. The lowest BCUT2D eigenvalue weighted by molar-refractivity contribution is 0.340. The van der Waals surface area contributed by atoms with Crippen molar-refractivity contribution < 1.29 is 9.47 Å². The van der Waals surface area contributed by atoms with Crippen LogP contribution in [0.25, 0.3) is 0 Å². The minimum Gasteiger partial charge on any atom is -0.494 e. The second kappa shape index (κ2) is 8.82. The summed E-state index contributed by atoms with van der Waals surface area (Å²) in [6.07, 6.45) is 0. The van der Waals surface area contributed by atoms with E-state index < -0.39 is 0 Å². The highest BCUT2D eigenvalue weighted by Gasteiger charge is 1.97. The molecule has 0 saturated heterocycles. The van der Waals surface area contributed by atoms with Gasteiger partial charge in [0, 0.05) is 36.6 Å². The zero-order valence-electron chi connectivity index (χ0n) is 13.3. The third-order valence-corrected chi connectivity index (χ3v) is 3.07. The molecule has 0 aliphatic carbocycles. The van der Waals surface area contributed by atoms with Crippen LogP contribution >= 0.6 is 0 Å². The van der Waals surface area contributed by atoms with Crippen LogP contribution < -0.4 is 20.1 Å². The van der Waals surface area contributed by atoms with Crippen LogP contribution in [0.4, 0.5) is 11.4 Å². The number of ether oxygens (including phenoxy) is 2. The molecule has 0 atom stereocenters. The molecule has 0 radical (unpaired) electrons. The topological polar surface area (TPSA) is 42.5 Å². The predicted octanol–water partition coefficient (Wildman–Crippen LogP) is 4.01. The maximum Gasteiger partial charge on any atom is 0.121 e. The highest BCUT2D eigenvalue weighted by Crippen LogP contribution is 2.18. The normalized spacial score (nSPS) is 10.1. The molecule has 22 heavy (non-hydrogen) atoms. The second-order valence-electron chi connectivity index (χ2n) is 4.78. The van der Waals surface area contributed by atoms with E-state index in [4.69, 9.17) is 9.47 Å². The second-order valence-corrected chi connectivity index (χ2v) is 4.78. The lowest BCUT2D eigenvalue weighted by Crippen LogP contribution is -2.13. The van der Waals surface area contributed by atoms with Crippen LogP contribution in [0.1, 0.15) is 13.8 Å². The van der Waals surface area contributed by atoms with Crippen LogP contribution in [0.5, 0.6) is 11.5 Å². The highest BCUT2D eigenvalue weighted by atomic mass is 16.5. The Bertz CT molecular complexity index is 521. The fraction of sp³-hybridized carbons (Fsp3) is 0.333. The van der Waals surface area contributed by atoms with Crippen LogP contribution in [0.15, 0.2) is 48.5 Å². The Kier molecular flexibility index (Phi) is 6.42. The molecule has 4 nitrogen and oxygen atoms in total. The van der Waals surface area contributed by atoms with Gasteiger partial charge in [0.2, 0.25) is 0 Å². The number of rotatable bonds is 9. The number of hydrogen-bond acceptors (Lipinski definition) is 4. The lowest BCUT2D eigenvalue weighted by atomic mass is 10.3. The Balaban J connectivity index is 1.77. The molecule has 2 aromatic rings. The molecule has 0 saturated carbocycles. The Morgan fingerprint density at radius 3 is 1.59 bits per heavy atom. The van der Waals surface area contributed by atoms with Crippen LogP contribution in [-0.4, -0.2) is 26.3 Å². The van der Waals surface area contributed by atoms with Gasteiger partial charge in [0.15, 0.2) is 0 Å². The van der Waals surface area contributed by atoms with Gasteiger partial charge in [-0.3, -0.25) is 0 Å². The number of hydrogen-bond donors (Lipinski definition) is 2. The standard InChI is InChI=1S/C18H24N2O2/c1-3-21-17-9-5-7-15(13-17)19-11-12-20-16-8-6-10-18(14-16)22-4-2/h5-10,13-14,19-20H,3-4,11-12H2,1-2H3. The molecule has 2 N–H and O–H groups in total. The molecule has 0 amide bonds. The van der Waals surface area contributed by atoms with E-state index in [1.165, 1.54) is 0 Å². The monoisotopic (exact) mass is 300 g/mol. The molecule has 4 heteroatoms. The third-order valence-electron chi connectivity index (χ3n) is 3.07. The van der Waals surface area contributed by atoms with Crippen molar-refractivity contribution in [2.45, 2.75) is 13.8 Å². The lowest BCUT2D eigenvalue weighted by Gasteiger charge is -2.11. The van der Waals surface area contributed by atoms with Gasteiger partial charge in [0.05, 0.1) is 13.2 Å². The zero-order valence-corrected chi connectivity index (χ0v) is 13.3. The summed E-state index contributed by atoms with van der Waals surface area (Å²) in [6, 6.07) is 16.0. The summed E-state index contributed by atoms with van der Waals surface area (Å²) in [5.41, 5.74) is 2.13. The number of benzene rings is 2. The van der Waals surface area contributed by atoms with Gasteiger partial charge < -0.3 is 20.1 Å². The molecular weight excluding hydrogens is 276 g/mol. The van der Waals surface area contributed by atoms with Crippen LogP contribution in [0, 0.1) is 0 Å². The van der Waals surface area contributed by atoms with Crippen molar-refractivity contribution in [2.24, 2.45) is 0 Å². The smallest absolute Gasteiger partial charge is 0.121 e. The summed E-state index contributed by atoms with van der Waals surface area (Å²) >= 11 is 0. The molecule has 0 fully saturated rings. The van der Waals surface area contributed by atoms with Gasteiger partial charge >= 0.3 is 0 Å². The molecular formula is C18H24N2O2. The van der Waals surface area contributed by atoms with Crippen molar-refractivity contribution in [3.8, 4) is 11.5 Å².